The van der Waals surface area contributed by atoms with Gasteiger partial charge in [-0.05, 0) is 29.7 Å². The Morgan fingerprint density at radius 1 is 0.900 bits per heavy atom. The van der Waals surface area contributed by atoms with Crippen molar-refractivity contribution in [2.45, 2.75) is 0 Å². The monoisotopic (exact) mass is 417 g/mol. The number of imide groups is 1. The molecule has 0 unspecified atom stereocenters. The second-order valence-electron chi connectivity index (χ2n) is 6.91. The number of benzene rings is 3. The number of para-hydroxylation sites is 1. The molecule has 0 aromatic heterocycles. The van der Waals surface area contributed by atoms with E-state index in [9.17, 15) is 19.2 Å². The van der Waals surface area contributed by atoms with Gasteiger partial charge in [-0.15, -0.1) is 0 Å². The predicted octanol–water partition coefficient (Wildman–Crippen LogP) is 0.816. The number of carbonyl (C=O) groups excluding carboxylic acids is 4. The topological polar surface area (TPSA) is 118 Å². The van der Waals surface area contributed by atoms with Crippen molar-refractivity contribution in [2.75, 3.05) is 5.32 Å². The Morgan fingerprint density at radius 2 is 1.67 bits per heavy atom. The fourth-order valence-electron chi connectivity index (χ4n) is 3.87. The first-order valence-corrected chi connectivity index (χ1v) is 9.32. The maximum atomic E-state index is 12.9. The number of anilines is 1. The molecular weight excluding hydrogens is 406 g/mol. The highest BCUT2D eigenvalue weighted by Gasteiger charge is 2.33. The van der Waals surface area contributed by atoms with Gasteiger partial charge in [0.1, 0.15) is 0 Å². The lowest BCUT2D eigenvalue weighted by Gasteiger charge is -2.22. The summed E-state index contributed by atoms with van der Waals surface area (Å²) in [5.41, 5.74) is 6.40. The highest BCUT2D eigenvalue weighted by atomic mass is 35.5. The number of ketones is 2. The summed E-state index contributed by atoms with van der Waals surface area (Å²) in [7, 11) is 0. The van der Waals surface area contributed by atoms with Crippen LogP contribution in [-0.2, 0) is 9.59 Å². The van der Waals surface area contributed by atoms with E-state index in [1.54, 1.807) is 48.5 Å². The SMILES string of the molecule is NC1=c2cc3cccc4c3c(c2=C(Nc2ccccc2Cl)C(=O)C1=O)C(=O)NC4=O. The molecule has 2 aliphatic rings. The average molecular weight is 418 g/mol. The van der Waals surface area contributed by atoms with Crippen molar-refractivity contribution < 1.29 is 19.2 Å². The van der Waals surface area contributed by atoms with Crippen LogP contribution in [0, 0.1) is 0 Å². The fraction of sp³-hybridized carbons (Fsp3) is 0. The molecule has 0 atom stereocenters. The highest BCUT2D eigenvalue weighted by Crippen LogP contribution is 2.26. The standard InChI is InChI=1S/C22H12ClN3O4/c23-12-6-1-2-7-13(12)25-18-15-11(17(24)19(27)20(18)28)8-9-4-3-5-10-14(9)16(15)22(30)26-21(10)29/h1-8,25H,24H2,(H,26,29,30). The number of carbonyl (C=O) groups is 4. The van der Waals surface area contributed by atoms with Gasteiger partial charge in [0.15, 0.2) is 0 Å². The van der Waals surface area contributed by atoms with Gasteiger partial charge < -0.3 is 11.1 Å². The third-order valence-electron chi connectivity index (χ3n) is 5.22. The molecule has 0 radical (unpaired) electrons. The molecule has 4 N–H and O–H groups in total. The number of amides is 2. The Kier molecular flexibility index (Phi) is 3.78. The third kappa shape index (κ3) is 2.39. The molecule has 146 valence electrons. The van der Waals surface area contributed by atoms with E-state index >= 15 is 0 Å². The lowest BCUT2D eigenvalue weighted by Crippen LogP contribution is -2.50. The summed E-state index contributed by atoms with van der Waals surface area (Å²) in [5, 5.41) is 6.90. The van der Waals surface area contributed by atoms with Crippen LogP contribution in [0.15, 0.2) is 48.5 Å². The summed E-state index contributed by atoms with van der Waals surface area (Å²) >= 11 is 6.21. The number of Topliss-reactive ketones (excluding diaryl/α,β-unsaturated/α-hetero) is 2. The van der Waals surface area contributed by atoms with Crippen LogP contribution in [0.3, 0.4) is 0 Å². The quantitative estimate of drug-likeness (QED) is 0.419. The Hall–Kier alpha value is -3.97. The number of halogens is 1. The minimum atomic E-state index is -0.891. The van der Waals surface area contributed by atoms with E-state index < -0.39 is 23.4 Å². The predicted molar refractivity (Wildman–Crippen MR) is 111 cm³/mol. The van der Waals surface area contributed by atoms with Gasteiger partial charge in [0.25, 0.3) is 23.4 Å². The van der Waals surface area contributed by atoms with Crippen molar-refractivity contribution in [2.24, 2.45) is 5.73 Å². The molecule has 3 aromatic rings. The minimum Gasteiger partial charge on any atom is -0.395 e. The van der Waals surface area contributed by atoms with Crippen molar-refractivity contribution in [3.8, 4) is 0 Å². The summed E-state index contributed by atoms with van der Waals surface area (Å²) in [4.78, 5) is 50.7. The van der Waals surface area contributed by atoms with Crippen LogP contribution in [0.4, 0.5) is 5.69 Å². The molecule has 0 bridgehead atoms. The first kappa shape index (κ1) is 18.1. The van der Waals surface area contributed by atoms with Gasteiger partial charge in [-0.1, -0.05) is 35.9 Å². The van der Waals surface area contributed by atoms with Crippen LogP contribution in [0.5, 0.6) is 0 Å². The van der Waals surface area contributed by atoms with Crippen LogP contribution in [0.1, 0.15) is 20.7 Å². The van der Waals surface area contributed by atoms with Gasteiger partial charge in [-0.25, -0.2) is 0 Å². The van der Waals surface area contributed by atoms with Crippen LogP contribution in [0.25, 0.3) is 22.2 Å². The zero-order valence-corrected chi connectivity index (χ0v) is 16.0. The molecule has 2 amide bonds. The highest BCUT2D eigenvalue weighted by molar-refractivity contribution is 6.63. The summed E-state index contributed by atoms with van der Waals surface area (Å²) in [6.45, 7) is 0. The Labute approximate surface area is 173 Å². The molecule has 0 saturated heterocycles. The normalized spacial score (nSPS) is 15.4. The molecule has 0 saturated carbocycles. The molecule has 8 heteroatoms. The molecule has 7 nitrogen and oxygen atoms in total. The van der Waals surface area contributed by atoms with Crippen LogP contribution in [-0.4, -0.2) is 23.4 Å². The van der Waals surface area contributed by atoms with E-state index in [0.717, 1.165) is 0 Å². The molecule has 3 aromatic carbocycles. The number of nitrogens with two attached hydrogens (primary N) is 1. The van der Waals surface area contributed by atoms with E-state index in [1.165, 1.54) is 0 Å². The van der Waals surface area contributed by atoms with E-state index in [-0.39, 0.29) is 27.4 Å². The summed E-state index contributed by atoms with van der Waals surface area (Å²) < 4.78 is 0. The second-order valence-corrected chi connectivity index (χ2v) is 7.32. The molecule has 30 heavy (non-hydrogen) atoms. The molecule has 5 rings (SSSR count). The van der Waals surface area contributed by atoms with Gasteiger partial charge in [0, 0.05) is 21.4 Å². The van der Waals surface area contributed by atoms with Gasteiger partial charge in [-0.3, -0.25) is 24.5 Å². The van der Waals surface area contributed by atoms with Crippen molar-refractivity contribution in [3.63, 3.8) is 0 Å². The first-order chi connectivity index (χ1) is 14.4. The maximum absolute atomic E-state index is 12.9. The van der Waals surface area contributed by atoms with Crippen molar-refractivity contribution >= 4 is 62.8 Å². The van der Waals surface area contributed by atoms with E-state index in [2.05, 4.69) is 10.6 Å². The Bertz CT molecular complexity index is 1490. The van der Waals surface area contributed by atoms with Crippen LogP contribution in [0.2, 0.25) is 5.02 Å². The van der Waals surface area contributed by atoms with E-state index in [4.69, 9.17) is 17.3 Å². The summed E-state index contributed by atoms with van der Waals surface area (Å²) in [5.74, 6) is -2.98. The second kappa shape index (κ2) is 6.27. The fourth-order valence-corrected chi connectivity index (χ4v) is 4.05. The first-order valence-electron chi connectivity index (χ1n) is 8.94. The molecule has 0 fully saturated rings. The lowest BCUT2D eigenvalue weighted by molar-refractivity contribution is -0.130. The zero-order valence-electron chi connectivity index (χ0n) is 15.2. The molecule has 0 spiro atoms. The minimum absolute atomic E-state index is 0.107. The smallest absolute Gasteiger partial charge is 0.259 e. The van der Waals surface area contributed by atoms with E-state index in [1.807, 2.05) is 0 Å². The zero-order chi connectivity index (χ0) is 21.2. The van der Waals surface area contributed by atoms with Gasteiger partial charge in [0.05, 0.1) is 27.7 Å². The molecular formula is C22H12ClN3O4. The molecule has 1 aliphatic heterocycles. The number of hydrogen-bond acceptors (Lipinski definition) is 6. The molecule has 1 heterocycles. The number of fused-ring (bicyclic) bond motifs is 2. The average Bonchev–Trinajstić information content (AvgIpc) is 2.73. The van der Waals surface area contributed by atoms with Gasteiger partial charge in [0.2, 0.25) is 0 Å². The van der Waals surface area contributed by atoms with E-state index in [0.29, 0.717) is 27.0 Å². The maximum Gasteiger partial charge on any atom is 0.259 e. The number of rotatable bonds is 2. The molecule has 1 aliphatic carbocycles. The lowest BCUT2D eigenvalue weighted by atomic mass is 9.88. The largest absolute Gasteiger partial charge is 0.395 e. The number of nitrogens with one attached hydrogen (secondary N) is 2. The number of hydrogen-bond donors (Lipinski definition) is 3. The van der Waals surface area contributed by atoms with Crippen molar-refractivity contribution in [1.82, 2.24) is 5.32 Å². The summed E-state index contributed by atoms with van der Waals surface area (Å²) in [6.07, 6.45) is 0. The van der Waals surface area contributed by atoms with Crippen molar-refractivity contribution in [1.29, 1.82) is 0 Å². The van der Waals surface area contributed by atoms with Crippen LogP contribution < -0.4 is 26.8 Å². The van der Waals surface area contributed by atoms with Crippen molar-refractivity contribution in [3.05, 3.63) is 75.1 Å². The Balaban J connectivity index is 2.01. The summed E-state index contributed by atoms with van der Waals surface area (Å²) in [6, 6.07) is 13.3. The third-order valence-corrected chi connectivity index (χ3v) is 5.55. The van der Waals surface area contributed by atoms with Gasteiger partial charge >= 0.3 is 0 Å². The van der Waals surface area contributed by atoms with Gasteiger partial charge in [-0.2, -0.15) is 0 Å². The van der Waals surface area contributed by atoms with Crippen LogP contribution >= 0.6 is 11.6 Å². The Morgan fingerprint density at radius 3 is 2.43 bits per heavy atom.